The summed E-state index contributed by atoms with van der Waals surface area (Å²) < 4.78 is 5.15. The fraction of sp³-hybridized carbons (Fsp3) is 0.150. The Balaban J connectivity index is 1.65. The van der Waals surface area contributed by atoms with E-state index in [1.807, 2.05) is 72.6 Å². The van der Waals surface area contributed by atoms with Crippen molar-refractivity contribution in [3.05, 3.63) is 66.7 Å². The minimum atomic E-state index is -0.0522. The van der Waals surface area contributed by atoms with E-state index < -0.39 is 0 Å². The van der Waals surface area contributed by atoms with Crippen molar-refractivity contribution < 1.29 is 9.53 Å². The van der Waals surface area contributed by atoms with Crippen molar-refractivity contribution in [1.82, 2.24) is 0 Å². The third-order valence-corrected chi connectivity index (χ3v) is 3.93. The molecule has 0 unspecified atom stereocenters. The maximum Gasteiger partial charge on any atom is 0.243 e. The number of methoxy groups -OCH3 is 1. The molecule has 0 atom stereocenters. The lowest BCUT2D eigenvalue weighted by Gasteiger charge is -2.19. The molecular weight excluding hydrogens is 300 g/mol. The molecule has 4 nitrogen and oxygen atoms in total. The molecule has 3 rings (SSSR count). The number of rotatable bonds is 5. The summed E-state index contributed by atoms with van der Waals surface area (Å²) in [5, 5.41) is 5.22. The molecule has 0 spiro atoms. The standard InChI is InChI=1S/C20H20N2O2/c1-22(18-9-11-19(24-2)12-10-18)14-20(23)21-17-8-7-15-5-3-4-6-16(15)13-17/h3-13H,14H2,1-2H3,(H,21,23). The number of amides is 1. The Hall–Kier alpha value is -3.01. The first-order valence-electron chi connectivity index (χ1n) is 7.79. The number of carbonyl (C=O) groups is 1. The van der Waals surface area contributed by atoms with Gasteiger partial charge in [-0.15, -0.1) is 0 Å². The van der Waals surface area contributed by atoms with Gasteiger partial charge in [0.1, 0.15) is 5.75 Å². The van der Waals surface area contributed by atoms with Crippen LogP contribution in [0, 0.1) is 0 Å². The van der Waals surface area contributed by atoms with Crippen LogP contribution in [0.1, 0.15) is 0 Å². The van der Waals surface area contributed by atoms with E-state index in [1.54, 1.807) is 7.11 Å². The zero-order valence-corrected chi connectivity index (χ0v) is 13.8. The molecule has 0 aliphatic heterocycles. The smallest absolute Gasteiger partial charge is 0.243 e. The number of likely N-dealkylation sites (N-methyl/N-ethyl adjacent to an activating group) is 1. The molecule has 122 valence electrons. The van der Waals surface area contributed by atoms with Crippen LogP contribution in [-0.4, -0.2) is 26.6 Å². The average molecular weight is 320 g/mol. The van der Waals surface area contributed by atoms with Crippen molar-refractivity contribution in [2.24, 2.45) is 0 Å². The van der Waals surface area contributed by atoms with Gasteiger partial charge in [-0.3, -0.25) is 4.79 Å². The predicted molar refractivity (Wildman–Crippen MR) is 98.8 cm³/mol. The zero-order valence-electron chi connectivity index (χ0n) is 13.8. The van der Waals surface area contributed by atoms with Crippen molar-refractivity contribution in [1.29, 1.82) is 0 Å². The summed E-state index contributed by atoms with van der Waals surface area (Å²) >= 11 is 0. The summed E-state index contributed by atoms with van der Waals surface area (Å²) in [5.74, 6) is 0.747. The Morgan fingerprint density at radius 1 is 1.00 bits per heavy atom. The summed E-state index contributed by atoms with van der Waals surface area (Å²) in [7, 11) is 3.53. The lowest BCUT2D eigenvalue weighted by molar-refractivity contribution is -0.114. The Kier molecular flexibility index (Phi) is 4.66. The van der Waals surface area contributed by atoms with Crippen molar-refractivity contribution in [3.8, 4) is 5.75 Å². The molecule has 0 fully saturated rings. The van der Waals surface area contributed by atoms with Crippen molar-refractivity contribution in [3.63, 3.8) is 0 Å². The predicted octanol–water partition coefficient (Wildman–Crippen LogP) is 3.92. The maximum absolute atomic E-state index is 12.3. The lowest BCUT2D eigenvalue weighted by atomic mass is 10.1. The van der Waals surface area contributed by atoms with E-state index in [0.717, 1.165) is 27.9 Å². The molecule has 0 aliphatic rings. The van der Waals surface area contributed by atoms with Gasteiger partial charge < -0.3 is 15.0 Å². The minimum absolute atomic E-state index is 0.0522. The maximum atomic E-state index is 12.3. The van der Waals surface area contributed by atoms with E-state index in [2.05, 4.69) is 11.4 Å². The van der Waals surface area contributed by atoms with E-state index in [-0.39, 0.29) is 12.5 Å². The number of anilines is 2. The van der Waals surface area contributed by atoms with Gasteiger partial charge in [0, 0.05) is 18.4 Å². The highest BCUT2D eigenvalue weighted by atomic mass is 16.5. The Morgan fingerprint density at radius 3 is 2.42 bits per heavy atom. The van der Waals surface area contributed by atoms with Crippen LogP contribution in [0.3, 0.4) is 0 Å². The number of carbonyl (C=O) groups excluding carboxylic acids is 1. The van der Waals surface area contributed by atoms with Crippen LogP contribution < -0.4 is 15.0 Å². The normalized spacial score (nSPS) is 10.4. The molecule has 3 aromatic rings. The minimum Gasteiger partial charge on any atom is -0.497 e. The Bertz CT molecular complexity index is 844. The molecule has 1 amide bonds. The molecule has 0 saturated carbocycles. The van der Waals surface area contributed by atoms with Gasteiger partial charge in [0.25, 0.3) is 0 Å². The quantitative estimate of drug-likeness (QED) is 0.774. The van der Waals surface area contributed by atoms with Crippen molar-refractivity contribution in [2.75, 3.05) is 30.9 Å². The second-order valence-corrected chi connectivity index (χ2v) is 5.66. The topological polar surface area (TPSA) is 41.6 Å². The SMILES string of the molecule is COc1ccc(N(C)CC(=O)Nc2ccc3ccccc3c2)cc1. The largest absolute Gasteiger partial charge is 0.497 e. The average Bonchev–Trinajstić information content (AvgIpc) is 2.61. The van der Waals surface area contributed by atoms with Gasteiger partial charge in [0.15, 0.2) is 0 Å². The number of benzene rings is 3. The lowest BCUT2D eigenvalue weighted by Crippen LogP contribution is -2.29. The molecule has 4 heteroatoms. The summed E-state index contributed by atoms with van der Waals surface area (Å²) in [6.07, 6.45) is 0. The second kappa shape index (κ2) is 7.04. The third-order valence-electron chi connectivity index (χ3n) is 3.93. The second-order valence-electron chi connectivity index (χ2n) is 5.66. The summed E-state index contributed by atoms with van der Waals surface area (Å²) in [4.78, 5) is 14.2. The van der Waals surface area contributed by atoms with Crippen LogP contribution in [0.5, 0.6) is 5.75 Å². The molecule has 0 saturated heterocycles. The van der Waals surface area contributed by atoms with Crippen LogP contribution >= 0.6 is 0 Å². The van der Waals surface area contributed by atoms with Crippen LogP contribution in [0.4, 0.5) is 11.4 Å². The molecule has 0 aliphatic carbocycles. The van der Waals surface area contributed by atoms with Gasteiger partial charge in [-0.25, -0.2) is 0 Å². The van der Waals surface area contributed by atoms with Crippen LogP contribution in [-0.2, 0) is 4.79 Å². The monoisotopic (exact) mass is 320 g/mol. The van der Waals surface area contributed by atoms with E-state index >= 15 is 0 Å². The molecule has 0 bridgehead atoms. The fourth-order valence-electron chi connectivity index (χ4n) is 2.61. The van der Waals surface area contributed by atoms with E-state index in [1.165, 1.54) is 0 Å². The zero-order chi connectivity index (χ0) is 16.9. The van der Waals surface area contributed by atoms with Crippen LogP contribution in [0.2, 0.25) is 0 Å². The highest BCUT2D eigenvalue weighted by molar-refractivity contribution is 5.96. The van der Waals surface area contributed by atoms with Gasteiger partial charge >= 0.3 is 0 Å². The van der Waals surface area contributed by atoms with Crippen molar-refractivity contribution in [2.45, 2.75) is 0 Å². The summed E-state index contributed by atoms with van der Waals surface area (Å²) in [5.41, 5.74) is 1.77. The molecular formula is C20H20N2O2. The number of nitrogens with zero attached hydrogens (tertiary/aromatic N) is 1. The molecule has 1 N–H and O–H groups in total. The highest BCUT2D eigenvalue weighted by Gasteiger charge is 2.08. The molecule has 0 heterocycles. The van der Waals surface area contributed by atoms with Gasteiger partial charge in [0.05, 0.1) is 13.7 Å². The number of hydrogen-bond donors (Lipinski definition) is 1. The number of ether oxygens (including phenoxy) is 1. The first kappa shape index (κ1) is 15.9. The number of hydrogen-bond acceptors (Lipinski definition) is 3. The van der Waals surface area contributed by atoms with E-state index in [0.29, 0.717) is 0 Å². The molecule has 0 radical (unpaired) electrons. The number of nitrogens with one attached hydrogen (secondary N) is 1. The van der Waals surface area contributed by atoms with Gasteiger partial charge in [-0.05, 0) is 47.2 Å². The molecule has 0 aromatic heterocycles. The third kappa shape index (κ3) is 3.66. The first-order chi connectivity index (χ1) is 11.7. The Labute approximate surface area is 141 Å². The molecule has 24 heavy (non-hydrogen) atoms. The highest BCUT2D eigenvalue weighted by Crippen LogP contribution is 2.20. The first-order valence-corrected chi connectivity index (χ1v) is 7.79. The fourth-order valence-corrected chi connectivity index (χ4v) is 2.61. The summed E-state index contributed by atoms with van der Waals surface area (Å²) in [6.45, 7) is 0.277. The van der Waals surface area contributed by atoms with Gasteiger partial charge in [0.2, 0.25) is 5.91 Å². The van der Waals surface area contributed by atoms with E-state index in [4.69, 9.17) is 4.74 Å². The Morgan fingerprint density at radius 2 is 1.71 bits per heavy atom. The number of fused-ring (bicyclic) bond motifs is 1. The van der Waals surface area contributed by atoms with Gasteiger partial charge in [-0.2, -0.15) is 0 Å². The van der Waals surface area contributed by atoms with Gasteiger partial charge in [-0.1, -0.05) is 30.3 Å². The van der Waals surface area contributed by atoms with Crippen molar-refractivity contribution >= 4 is 28.1 Å². The van der Waals surface area contributed by atoms with Crippen LogP contribution in [0.15, 0.2) is 66.7 Å². The van der Waals surface area contributed by atoms with Crippen LogP contribution in [0.25, 0.3) is 10.8 Å². The van der Waals surface area contributed by atoms with E-state index in [9.17, 15) is 4.79 Å². The molecule has 3 aromatic carbocycles. The summed E-state index contributed by atoms with van der Waals surface area (Å²) in [6, 6.07) is 21.6.